The number of anilines is 1. The molecule has 1 aromatic rings. The Balaban J connectivity index is 2.43. The Labute approximate surface area is 106 Å². The SMILES string of the molecule is CCSCCC(C)Nc1ccc(C(N)=O)cn1. The lowest BCUT2D eigenvalue weighted by Crippen LogP contribution is -2.17. The van der Waals surface area contributed by atoms with Crippen molar-refractivity contribution in [2.24, 2.45) is 5.73 Å². The fourth-order valence-electron chi connectivity index (χ4n) is 1.35. The number of carbonyl (C=O) groups is 1. The Morgan fingerprint density at radius 2 is 2.35 bits per heavy atom. The molecule has 0 radical (unpaired) electrons. The summed E-state index contributed by atoms with van der Waals surface area (Å²) in [7, 11) is 0. The number of nitrogens with zero attached hydrogens (tertiary/aromatic N) is 1. The van der Waals surface area contributed by atoms with E-state index in [0.717, 1.165) is 23.7 Å². The van der Waals surface area contributed by atoms with Gasteiger partial charge in [0.15, 0.2) is 0 Å². The van der Waals surface area contributed by atoms with Crippen molar-refractivity contribution in [3.8, 4) is 0 Å². The largest absolute Gasteiger partial charge is 0.368 e. The van der Waals surface area contributed by atoms with Crippen LogP contribution < -0.4 is 11.1 Å². The molecule has 0 aliphatic rings. The van der Waals surface area contributed by atoms with Crippen LogP contribution in [0.25, 0.3) is 0 Å². The maximum absolute atomic E-state index is 10.9. The predicted molar refractivity (Wildman–Crippen MR) is 73.5 cm³/mol. The number of hydrogen-bond donors (Lipinski definition) is 2. The van der Waals surface area contributed by atoms with Gasteiger partial charge in [0.1, 0.15) is 5.82 Å². The third-order valence-corrected chi connectivity index (χ3v) is 3.27. The number of aromatic nitrogens is 1. The lowest BCUT2D eigenvalue weighted by Gasteiger charge is -2.13. The number of hydrogen-bond acceptors (Lipinski definition) is 4. The van der Waals surface area contributed by atoms with Gasteiger partial charge in [-0.15, -0.1) is 0 Å². The van der Waals surface area contributed by atoms with E-state index in [1.54, 1.807) is 12.1 Å². The van der Waals surface area contributed by atoms with Gasteiger partial charge < -0.3 is 11.1 Å². The van der Waals surface area contributed by atoms with E-state index in [0.29, 0.717) is 11.6 Å². The van der Waals surface area contributed by atoms with Gasteiger partial charge in [-0.2, -0.15) is 11.8 Å². The zero-order chi connectivity index (χ0) is 12.7. The molecule has 1 amide bonds. The molecule has 1 aromatic heterocycles. The molecule has 1 heterocycles. The number of carbonyl (C=O) groups excluding carboxylic acids is 1. The third-order valence-electron chi connectivity index (χ3n) is 2.34. The van der Waals surface area contributed by atoms with E-state index in [9.17, 15) is 4.79 Å². The highest BCUT2D eigenvalue weighted by Crippen LogP contribution is 2.10. The summed E-state index contributed by atoms with van der Waals surface area (Å²) in [4.78, 5) is 15.0. The van der Waals surface area contributed by atoms with Gasteiger partial charge in [0.05, 0.1) is 5.56 Å². The molecular weight excluding hydrogens is 234 g/mol. The van der Waals surface area contributed by atoms with Crippen LogP contribution in [0.5, 0.6) is 0 Å². The third kappa shape index (κ3) is 5.08. The van der Waals surface area contributed by atoms with Crippen molar-refractivity contribution in [2.45, 2.75) is 26.3 Å². The van der Waals surface area contributed by atoms with E-state index in [4.69, 9.17) is 5.73 Å². The topological polar surface area (TPSA) is 68.0 Å². The van der Waals surface area contributed by atoms with Gasteiger partial charge in [-0.3, -0.25) is 4.79 Å². The van der Waals surface area contributed by atoms with Gasteiger partial charge in [-0.25, -0.2) is 4.98 Å². The van der Waals surface area contributed by atoms with E-state index in [-0.39, 0.29) is 0 Å². The summed E-state index contributed by atoms with van der Waals surface area (Å²) in [6, 6.07) is 3.84. The molecule has 0 spiro atoms. The standard InChI is InChI=1S/C12H19N3OS/c1-3-17-7-6-9(2)15-11-5-4-10(8-14-11)12(13)16/h4-5,8-9H,3,6-7H2,1-2H3,(H2,13,16)(H,14,15). The molecule has 4 nitrogen and oxygen atoms in total. The Kier molecular flexibility index (Phi) is 5.83. The van der Waals surface area contributed by atoms with Crippen LogP contribution in [0.15, 0.2) is 18.3 Å². The molecule has 5 heteroatoms. The first-order chi connectivity index (χ1) is 8.13. The highest BCUT2D eigenvalue weighted by Gasteiger charge is 2.04. The van der Waals surface area contributed by atoms with Gasteiger partial charge in [-0.1, -0.05) is 6.92 Å². The molecule has 1 rings (SSSR count). The molecule has 0 saturated carbocycles. The Hall–Kier alpha value is -1.23. The second-order valence-corrected chi connectivity index (χ2v) is 5.22. The van der Waals surface area contributed by atoms with Gasteiger partial charge >= 0.3 is 0 Å². The van der Waals surface area contributed by atoms with E-state index >= 15 is 0 Å². The van der Waals surface area contributed by atoms with E-state index in [1.807, 2.05) is 11.8 Å². The Morgan fingerprint density at radius 3 is 2.88 bits per heavy atom. The lowest BCUT2D eigenvalue weighted by molar-refractivity contribution is 0.1000. The maximum atomic E-state index is 10.9. The van der Waals surface area contributed by atoms with E-state index in [1.165, 1.54) is 6.20 Å². The summed E-state index contributed by atoms with van der Waals surface area (Å²) in [6.45, 7) is 4.28. The number of nitrogens with two attached hydrogens (primary N) is 1. The van der Waals surface area contributed by atoms with Crippen molar-refractivity contribution < 1.29 is 4.79 Å². The molecule has 0 bridgehead atoms. The fourth-order valence-corrected chi connectivity index (χ4v) is 2.16. The number of amides is 1. The van der Waals surface area contributed by atoms with Crippen LogP contribution in [0.2, 0.25) is 0 Å². The van der Waals surface area contributed by atoms with Crippen molar-refractivity contribution in [2.75, 3.05) is 16.8 Å². The smallest absolute Gasteiger partial charge is 0.250 e. The summed E-state index contributed by atoms with van der Waals surface area (Å²) >= 11 is 1.93. The lowest BCUT2D eigenvalue weighted by atomic mass is 10.2. The molecule has 1 unspecified atom stereocenters. The van der Waals surface area contributed by atoms with E-state index in [2.05, 4.69) is 24.1 Å². The average molecular weight is 253 g/mol. The second-order valence-electron chi connectivity index (χ2n) is 3.83. The molecule has 17 heavy (non-hydrogen) atoms. The first-order valence-corrected chi connectivity index (χ1v) is 6.89. The molecule has 1 atom stereocenters. The van der Waals surface area contributed by atoms with Crippen molar-refractivity contribution in [1.29, 1.82) is 0 Å². The monoisotopic (exact) mass is 253 g/mol. The predicted octanol–water partition coefficient (Wildman–Crippen LogP) is 2.12. The molecule has 0 saturated heterocycles. The first-order valence-electron chi connectivity index (χ1n) is 5.73. The molecular formula is C12H19N3OS. The molecule has 0 aromatic carbocycles. The number of thioether (sulfide) groups is 1. The number of pyridine rings is 1. The minimum absolute atomic E-state index is 0.376. The molecule has 0 aliphatic heterocycles. The summed E-state index contributed by atoms with van der Waals surface area (Å²) < 4.78 is 0. The van der Waals surface area contributed by atoms with Gasteiger partial charge in [0.2, 0.25) is 5.91 Å². The van der Waals surface area contributed by atoms with Crippen molar-refractivity contribution >= 4 is 23.5 Å². The Bertz CT molecular complexity index is 353. The molecule has 0 fully saturated rings. The minimum atomic E-state index is -0.448. The summed E-state index contributed by atoms with van der Waals surface area (Å²) in [5.41, 5.74) is 5.58. The summed E-state index contributed by atoms with van der Waals surface area (Å²) in [5, 5.41) is 3.29. The van der Waals surface area contributed by atoms with Crippen molar-refractivity contribution in [3.05, 3.63) is 23.9 Å². The minimum Gasteiger partial charge on any atom is -0.368 e. The van der Waals surface area contributed by atoms with Crippen LogP contribution in [0.4, 0.5) is 5.82 Å². The fraction of sp³-hybridized carbons (Fsp3) is 0.500. The maximum Gasteiger partial charge on any atom is 0.250 e. The quantitative estimate of drug-likeness (QED) is 0.730. The molecule has 94 valence electrons. The average Bonchev–Trinajstić information content (AvgIpc) is 2.30. The number of primary amides is 1. The molecule has 3 N–H and O–H groups in total. The first kappa shape index (κ1) is 13.8. The molecule has 0 aliphatic carbocycles. The van der Waals surface area contributed by atoms with Gasteiger partial charge in [-0.05, 0) is 37.0 Å². The highest BCUT2D eigenvalue weighted by atomic mass is 32.2. The van der Waals surface area contributed by atoms with Crippen molar-refractivity contribution in [3.63, 3.8) is 0 Å². The van der Waals surface area contributed by atoms with Crippen molar-refractivity contribution in [1.82, 2.24) is 4.98 Å². The normalized spacial score (nSPS) is 12.1. The Morgan fingerprint density at radius 1 is 1.59 bits per heavy atom. The van der Waals surface area contributed by atoms with Crippen LogP contribution in [0.1, 0.15) is 30.6 Å². The summed E-state index contributed by atoms with van der Waals surface area (Å²) in [6.07, 6.45) is 2.59. The number of rotatable bonds is 7. The second kappa shape index (κ2) is 7.17. The van der Waals surface area contributed by atoms with Crippen LogP contribution >= 0.6 is 11.8 Å². The van der Waals surface area contributed by atoms with Gasteiger partial charge in [0.25, 0.3) is 0 Å². The zero-order valence-electron chi connectivity index (χ0n) is 10.3. The van der Waals surface area contributed by atoms with Gasteiger partial charge in [0, 0.05) is 12.2 Å². The van der Waals surface area contributed by atoms with Crippen LogP contribution in [-0.2, 0) is 0 Å². The van der Waals surface area contributed by atoms with E-state index < -0.39 is 5.91 Å². The van der Waals surface area contributed by atoms with Crippen LogP contribution in [0.3, 0.4) is 0 Å². The van der Waals surface area contributed by atoms with Crippen LogP contribution in [0, 0.1) is 0 Å². The number of nitrogens with one attached hydrogen (secondary N) is 1. The zero-order valence-corrected chi connectivity index (χ0v) is 11.1. The summed E-state index contributed by atoms with van der Waals surface area (Å²) in [5.74, 6) is 2.63. The highest BCUT2D eigenvalue weighted by molar-refractivity contribution is 7.99. The van der Waals surface area contributed by atoms with Crippen LogP contribution in [-0.4, -0.2) is 28.4 Å².